The largest absolute Gasteiger partial charge is 0.269 e. The summed E-state index contributed by atoms with van der Waals surface area (Å²) in [6.45, 7) is 2.06. The lowest BCUT2D eigenvalue weighted by Gasteiger charge is -2.02. The summed E-state index contributed by atoms with van der Waals surface area (Å²) >= 11 is 0. The van der Waals surface area contributed by atoms with Gasteiger partial charge < -0.3 is 0 Å². The maximum Gasteiger partial charge on any atom is 0.269 e. The van der Waals surface area contributed by atoms with Gasteiger partial charge in [0.25, 0.3) is 5.69 Å². The Bertz CT molecular complexity index is 529. The van der Waals surface area contributed by atoms with Crippen molar-refractivity contribution in [3.8, 4) is 0 Å². The van der Waals surface area contributed by atoms with E-state index in [1.54, 1.807) is 12.1 Å². The molecule has 3 nitrogen and oxygen atoms in total. The van der Waals surface area contributed by atoms with E-state index >= 15 is 0 Å². The Morgan fingerprint density at radius 2 is 1.67 bits per heavy atom. The summed E-state index contributed by atoms with van der Waals surface area (Å²) in [4.78, 5) is 10.1. The third-order valence-corrected chi connectivity index (χ3v) is 2.80. The zero-order valence-electron chi connectivity index (χ0n) is 10.2. The molecule has 18 heavy (non-hydrogen) atoms. The molecule has 0 aromatic heterocycles. The van der Waals surface area contributed by atoms with E-state index in [0.29, 0.717) is 0 Å². The molecule has 0 saturated carbocycles. The lowest BCUT2D eigenvalue weighted by molar-refractivity contribution is -0.384. The van der Waals surface area contributed by atoms with E-state index in [9.17, 15) is 10.1 Å². The van der Waals surface area contributed by atoms with Crippen molar-refractivity contribution < 1.29 is 4.92 Å². The normalized spacial score (nSPS) is 10.3. The van der Waals surface area contributed by atoms with Crippen LogP contribution in [0.25, 0.3) is 0 Å². The number of benzene rings is 2. The van der Waals surface area contributed by atoms with E-state index in [1.165, 1.54) is 23.3 Å². The molecule has 0 aliphatic heterocycles. The quantitative estimate of drug-likeness (QED) is 0.604. The van der Waals surface area contributed by atoms with Crippen molar-refractivity contribution in [2.24, 2.45) is 0 Å². The Hall–Kier alpha value is -2.16. The molecule has 2 aromatic rings. The zero-order chi connectivity index (χ0) is 13.0. The van der Waals surface area contributed by atoms with E-state index in [-0.39, 0.29) is 10.6 Å². The van der Waals surface area contributed by atoms with Gasteiger partial charge in [0.15, 0.2) is 0 Å². The second kappa shape index (κ2) is 5.45. The molecule has 0 amide bonds. The van der Waals surface area contributed by atoms with Crippen LogP contribution in [0.5, 0.6) is 0 Å². The Morgan fingerprint density at radius 1 is 1.06 bits per heavy atom. The van der Waals surface area contributed by atoms with Crippen LogP contribution in [0.3, 0.4) is 0 Å². The van der Waals surface area contributed by atoms with Crippen LogP contribution in [0.4, 0.5) is 5.69 Å². The highest BCUT2D eigenvalue weighted by molar-refractivity contribution is 5.36. The third kappa shape index (κ3) is 3.17. The van der Waals surface area contributed by atoms with Gasteiger partial charge in [-0.25, -0.2) is 0 Å². The monoisotopic (exact) mass is 240 g/mol. The first-order chi connectivity index (χ1) is 8.65. The van der Waals surface area contributed by atoms with Crippen LogP contribution in [-0.2, 0) is 6.42 Å². The molecule has 1 radical (unpaired) electrons. The Labute approximate surface area is 106 Å². The number of hydrogen-bond donors (Lipinski definition) is 0. The summed E-state index contributed by atoms with van der Waals surface area (Å²) in [5.41, 5.74) is 3.61. The fourth-order valence-corrected chi connectivity index (χ4v) is 1.69. The Morgan fingerprint density at radius 3 is 2.22 bits per heavy atom. The summed E-state index contributed by atoms with van der Waals surface area (Å²) in [7, 11) is 0. The van der Waals surface area contributed by atoms with Crippen LogP contribution < -0.4 is 0 Å². The van der Waals surface area contributed by atoms with Crippen LogP contribution in [0.2, 0.25) is 0 Å². The molecule has 3 heteroatoms. The average molecular weight is 240 g/mol. The Kier molecular flexibility index (Phi) is 3.72. The van der Waals surface area contributed by atoms with Gasteiger partial charge in [-0.3, -0.25) is 10.1 Å². The first-order valence-electron chi connectivity index (χ1n) is 5.78. The van der Waals surface area contributed by atoms with Crippen molar-refractivity contribution in [3.05, 3.63) is 81.8 Å². The van der Waals surface area contributed by atoms with Crippen molar-refractivity contribution in [1.82, 2.24) is 0 Å². The van der Waals surface area contributed by atoms with Crippen LogP contribution in [0.15, 0.2) is 48.5 Å². The molecule has 2 aromatic carbocycles. The molecule has 0 saturated heterocycles. The van der Waals surface area contributed by atoms with Crippen molar-refractivity contribution in [2.75, 3.05) is 0 Å². The number of nitro groups is 1. The fourth-order valence-electron chi connectivity index (χ4n) is 1.69. The summed E-state index contributed by atoms with van der Waals surface area (Å²) in [5.74, 6) is 0. The topological polar surface area (TPSA) is 43.1 Å². The number of aryl methyl sites for hydroxylation is 1. The number of nitrogens with zero attached hydrogens (tertiary/aromatic N) is 1. The molecule has 0 atom stereocenters. The number of rotatable bonds is 4. The maximum absolute atomic E-state index is 10.5. The van der Waals surface area contributed by atoms with Crippen LogP contribution in [0.1, 0.15) is 16.7 Å². The van der Waals surface area contributed by atoms with Gasteiger partial charge in [-0.2, -0.15) is 0 Å². The first-order valence-corrected chi connectivity index (χ1v) is 5.78. The van der Waals surface area contributed by atoms with E-state index in [0.717, 1.165) is 12.0 Å². The molecule has 0 bridgehead atoms. The minimum Gasteiger partial charge on any atom is -0.258 e. The second-order valence-electron chi connectivity index (χ2n) is 4.24. The number of hydrogen-bond acceptors (Lipinski definition) is 2. The van der Waals surface area contributed by atoms with Gasteiger partial charge in [0.2, 0.25) is 0 Å². The number of nitro benzene ring substituents is 1. The van der Waals surface area contributed by atoms with Crippen molar-refractivity contribution in [3.63, 3.8) is 0 Å². The summed E-state index contributed by atoms with van der Waals surface area (Å²) in [5, 5.41) is 10.5. The molecular weight excluding hydrogens is 226 g/mol. The molecular formula is C15H14NO2. The molecule has 0 spiro atoms. The zero-order valence-corrected chi connectivity index (χ0v) is 10.2. The summed E-state index contributed by atoms with van der Waals surface area (Å²) in [6.07, 6.45) is 2.90. The average Bonchev–Trinajstić information content (AvgIpc) is 2.38. The summed E-state index contributed by atoms with van der Waals surface area (Å²) < 4.78 is 0. The Balaban J connectivity index is 1.97. The van der Waals surface area contributed by atoms with Gasteiger partial charge in [-0.1, -0.05) is 42.0 Å². The molecule has 0 aliphatic rings. The van der Waals surface area contributed by atoms with Crippen molar-refractivity contribution in [1.29, 1.82) is 0 Å². The first kappa shape index (κ1) is 12.3. The minimum absolute atomic E-state index is 0.127. The van der Waals surface area contributed by atoms with Gasteiger partial charge in [0.1, 0.15) is 0 Å². The summed E-state index contributed by atoms with van der Waals surface area (Å²) in [6, 6.07) is 15.0. The highest BCUT2D eigenvalue weighted by atomic mass is 16.6. The lowest BCUT2D eigenvalue weighted by Crippen LogP contribution is -1.91. The van der Waals surface area contributed by atoms with Crippen LogP contribution in [0, 0.1) is 23.5 Å². The van der Waals surface area contributed by atoms with E-state index in [1.807, 2.05) is 0 Å². The standard InChI is InChI=1S/C15H14NO2/c1-12-2-4-13(5-3-12)6-7-14-8-10-15(11-9-14)16(17)18/h2-5,7-11H,6H2,1H3. The molecule has 0 fully saturated rings. The molecule has 0 heterocycles. The maximum atomic E-state index is 10.5. The highest BCUT2D eigenvalue weighted by Crippen LogP contribution is 2.15. The van der Waals surface area contributed by atoms with Gasteiger partial charge in [0, 0.05) is 12.1 Å². The third-order valence-electron chi connectivity index (χ3n) is 2.80. The van der Waals surface area contributed by atoms with Crippen molar-refractivity contribution >= 4 is 5.69 Å². The number of non-ortho nitro benzene ring substituents is 1. The SMILES string of the molecule is Cc1ccc(C[CH]c2ccc([N+](=O)[O-])cc2)cc1. The fraction of sp³-hybridized carbons (Fsp3) is 0.133. The van der Waals surface area contributed by atoms with E-state index in [4.69, 9.17) is 0 Å². The minimum atomic E-state index is -0.385. The predicted octanol–water partition coefficient (Wildman–Crippen LogP) is 3.70. The molecule has 0 aliphatic carbocycles. The molecule has 2 rings (SSSR count). The van der Waals surface area contributed by atoms with Crippen LogP contribution >= 0.6 is 0 Å². The van der Waals surface area contributed by atoms with E-state index < -0.39 is 0 Å². The smallest absolute Gasteiger partial charge is 0.258 e. The molecule has 91 valence electrons. The molecule has 0 N–H and O–H groups in total. The molecule has 0 unspecified atom stereocenters. The predicted molar refractivity (Wildman–Crippen MR) is 71.4 cm³/mol. The van der Waals surface area contributed by atoms with Gasteiger partial charge >= 0.3 is 0 Å². The van der Waals surface area contributed by atoms with Gasteiger partial charge in [0.05, 0.1) is 4.92 Å². The highest BCUT2D eigenvalue weighted by Gasteiger charge is 2.04. The van der Waals surface area contributed by atoms with Gasteiger partial charge in [-0.05, 0) is 30.9 Å². The lowest BCUT2D eigenvalue weighted by atomic mass is 10.0. The van der Waals surface area contributed by atoms with Crippen molar-refractivity contribution in [2.45, 2.75) is 13.3 Å². The van der Waals surface area contributed by atoms with E-state index in [2.05, 4.69) is 37.6 Å². The van der Waals surface area contributed by atoms with Gasteiger partial charge in [-0.15, -0.1) is 0 Å². The van der Waals surface area contributed by atoms with Crippen LogP contribution in [-0.4, -0.2) is 4.92 Å². The second-order valence-corrected chi connectivity index (χ2v) is 4.24.